The number of aromatic nitrogens is 1. The summed E-state index contributed by atoms with van der Waals surface area (Å²) < 4.78 is 42.8. The molecule has 42 heavy (non-hydrogen) atoms. The fourth-order valence-electron chi connectivity index (χ4n) is 3.77. The number of amides is 3. The molecule has 0 spiro atoms. The first-order valence-corrected chi connectivity index (χ1v) is 15.4. The number of ether oxygens (including phenoxy) is 1. The SMILES string of the molecule is CSCC1(C(=O)O)CS[C@@H]2C(NC(=O)C(=NOCC(=O)OC(C)(C)C)c3nc(NC(=O)C(F)(F)F)sc3Cl)C(=O)N2C1. The number of carbonyl (C=O) groups excluding carboxylic acids is 4. The number of β-lactam (4-membered cyclic amide) rings is 1. The van der Waals surface area contributed by atoms with Crippen molar-refractivity contribution in [3.8, 4) is 0 Å². The maximum atomic E-state index is 13.3. The topological polar surface area (TPSA) is 177 Å². The van der Waals surface area contributed by atoms with E-state index in [0.29, 0.717) is 11.3 Å². The lowest BCUT2D eigenvalue weighted by Gasteiger charge is -2.53. The second kappa shape index (κ2) is 12.8. The van der Waals surface area contributed by atoms with Crippen molar-refractivity contribution in [2.45, 2.75) is 44.0 Å². The summed E-state index contributed by atoms with van der Waals surface area (Å²) in [6, 6.07) is -1.11. The number of carboxylic acid groups (broad SMARTS) is 1. The monoisotopic (exact) mass is 675 g/mol. The van der Waals surface area contributed by atoms with Crippen LogP contribution in [-0.2, 0) is 33.5 Å². The molecule has 2 aliphatic rings. The zero-order chi connectivity index (χ0) is 31.6. The predicted molar refractivity (Wildman–Crippen MR) is 148 cm³/mol. The van der Waals surface area contributed by atoms with E-state index in [1.807, 2.05) is 0 Å². The molecule has 2 saturated heterocycles. The third kappa shape index (κ3) is 7.78. The Morgan fingerprint density at radius 1 is 1.29 bits per heavy atom. The van der Waals surface area contributed by atoms with Crippen LogP contribution in [0.4, 0.5) is 18.3 Å². The van der Waals surface area contributed by atoms with Gasteiger partial charge in [-0.1, -0.05) is 28.1 Å². The number of carboxylic acids is 1. The van der Waals surface area contributed by atoms with Crippen LogP contribution in [0, 0.1) is 5.41 Å². The van der Waals surface area contributed by atoms with E-state index in [1.165, 1.54) is 22.0 Å². The van der Waals surface area contributed by atoms with Crippen LogP contribution in [0.25, 0.3) is 0 Å². The number of thioether (sulfide) groups is 2. The molecule has 3 atom stereocenters. The van der Waals surface area contributed by atoms with Crippen LogP contribution in [0.15, 0.2) is 5.16 Å². The highest BCUT2D eigenvalue weighted by Crippen LogP contribution is 2.43. The number of fused-ring (bicyclic) bond motifs is 1. The second-order valence-electron chi connectivity index (χ2n) is 10.0. The van der Waals surface area contributed by atoms with Gasteiger partial charge in [0.1, 0.15) is 32.5 Å². The van der Waals surface area contributed by atoms with E-state index < -0.39 is 81.4 Å². The molecule has 0 radical (unpaired) electrons. The second-order valence-corrected chi connectivity index (χ2v) is 13.6. The van der Waals surface area contributed by atoms with Gasteiger partial charge in [0, 0.05) is 18.1 Å². The number of rotatable bonds is 10. The van der Waals surface area contributed by atoms with Gasteiger partial charge in [-0.25, -0.2) is 9.78 Å². The summed E-state index contributed by atoms with van der Waals surface area (Å²) in [6.07, 6.45) is -3.48. The van der Waals surface area contributed by atoms with Crippen LogP contribution in [0.3, 0.4) is 0 Å². The Balaban J connectivity index is 1.82. The Morgan fingerprint density at radius 2 is 1.95 bits per heavy atom. The maximum Gasteiger partial charge on any atom is 0.471 e. The number of nitrogens with zero attached hydrogens (tertiary/aromatic N) is 3. The molecule has 1 aromatic rings. The minimum Gasteiger partial charge on any atom is -0.481 e. The Morgan fingerprint density at radius 3 is 2.52 bits per heavy atom. The number of aliphatic carboxylic acids is 1. The van der Waals surface area contributed by atoms with Crippen LogP contribution < -0.4 is 10.6 Å². The van der Waals surface area contributed by atoms with Crippen LogP contribution in [-0.4, -0.2) is 104 Å². The summed E-state index contributed by atoms with van der Waals surface area (Å²) in [5.41, 5.74) is -3.23. The van der Waals surface area contributed by atoms with Crippen LogP contribution in [0.1, 0.15) is 26.5 Å². The zero-order valence-electron chi connectivity index (χ0n) is 22.4. The highest BCUT2D eigenvalue weighted by Gasteiger charge is 2.57. The summed E-state index contributed by atoms with van der Waals surface area (Å²) in [5.74, 6) is -5.46. The molecule has 3 rings (SSSR count). The molecular weight excluding hydrogens is 651 g/mol. The van der Waals surface area contributed by atoms with Crippen molar-refractivity contribution in [3.63, 3.8) is 0 Å². The average molecular weight is 676 g/mol. The molecule has 13 nitrogen and oxygen atoms in total. The van der Waals surface area contributed by atoms with Gasteiger partial charge in [-0.05, 0) is 27.0 Å². The van der Waals surface area contributed by atoms with Crippen molar-refractivity contribution in [2.24, 2.45) is 10.6 Å². The molecule has 2 aliphatic heterocycles. The van der Waals surface area contributed by atoms with Crippen LogP contribution in [0.2, 0.25) is 4.34 Å². The van der Waals surface area contributed by atoms with Gasteiger partial charge >= 0.3 is 24.0 Å². The van der Waals surface area contributed by atoms with Gasteiger partial charge in [-0.3, -0.25) is 24.5 Å². The van der Waals surface area contributed by atoms with Gasteiger partial charge in [0.25, 0.3) is 5.91 Å². The minimum absolute atomic E-state index is 0.0633. The van der Waals surface area contributed by atoms with Gasteiger partial charge in [-0.15, -0.1) is 11.8 Å². The van der Waals surface area contributed by atoms with E-state index in [9.17, 15) is 42.3 Å². The number of hydrogen-bond donors (Lipinski definition) is 3. The van der Waals surface area contributed by atoms with Crippen LogP contribution in [0.5, 0.6) is 0 Å². The first-order chi connectivity index (χ1) is 19.4. The van der Waals surface area contributed by atoms with E-state index in [-0.39, 0.29) is 22.4 Å². The molecule has 0 saturated carbocycles. The quantitative estimate of drug-likeness (QED) is 0.143. The minimum atomic E-state index is -5.23. The lowest BCUT2D eigenvalue weighted by molar-refractivity contribution is -0.167. The molecule has 1 aromatic heterocycles. The van der Waals surface area contributed by atoms with E-state index in [1.54, 1.807) is 27.0 Å². The molecule has 3 heterocycles. The van der Waals surface area contributed by atoms with Crippen molar-refractivity contribution in [1.82, 2.24) is 15.2 Å². The zero-order valence-corrected chi connectivity index (χ0v) is 25.6. The smallest absolute Gasteiger partial charge is 0.471 e. The van der Waals surface area contributed by atoms with E-state index in [4.69, 9.17) is 21.2 Å². The van der Waals surface area contributed by atoms with Gasteiger partial charge in [0.05, 0.1) is 0 Å². The summed E-state index contributed by atoms with van der Waals surface area (Å²) >= 11 is 8.99. The molecule has 0 bridgehead atoms. The molecule has 2 unspecified atom stereocenters. The predicted octanol–water partition coefficient (Wildman–Crippen LogP) is 2.19. The van der Waals surface area contributed by atoms with E-state index >= 15 is 0 Å². The summed E-state index contributed by atoms with van der Waals surface area (Å²) in [6.45, 7) is 3.97. The number of oxime groups is 1. The van der Waals surface area contributed by atoms with Crippen molar-refractivity contribution in [1.29, 1.82) is 0 Å². The number of halogens is 4. The molecule has 3 amide bonds. The molecule has 3 N–H and O–H groups in total. The third-order valence-electron chi connectivity index (χ3n) is 5.57. The standard InChI is InChI=1S/C22H25ClF3N5O8S3/c1-20(2,3)39-9(32)5-38-30-11(10-13(23)42-19(28-10)29-17(35)22(24,25)26)14(33)27-12-15(34)31-6-21(7-40-4,18(36)37)8-41-16(12)31/h12,16H,5-8H2,1-4H3,(H,27,33)(H,36,37)(H,28,29,35)/t12?,16-,21?/m1/s1. The molecule has 2 fully saturated rings. The lowest BCUT2D eigenvalue weighted by Crippen LogP contribution is -2.74. The number of thiazole rings is 1. The van der Waals surface area contributed by atoms with Crippen LogP contribution >= 0.6 is 46.5 Å². The fraction of sp³-hybridized carbons (Fsp3) is 0.591. The Labute approximate surface area is 254 Å². The largest absolute Gasteiger partial charge is 0.481 e. The van der Waals surface area contributed by atoms with Gasteiger partial charge < -0.3 is 24.9 Å². The van der Waals surface area contributed by atoms with Crippen molar-refractivity contribution in [3.05, 3.63) is 10.0 Å². The number of alkyl halides is 3. The molecular formula is C22H25ClF3N5O8S3. The number of carbonyl (C=O) groups is 5. The summed E-state index contributed by atoms with van der Waals surface area (Å²) in [5, 5.41) is 16.1. The Hall–Kier alpha value is -2.77. The molecule has 232 valence electrons. The van der Waals surface area contributed by atoms with Gasteiger partial charge in [0.2, 0.25) is 12.5 Å². The first-order valence-electron chi connectivity index (χ1n) is 11.8. The molecule has 20 heteroatoms. The third-order valence-corrected chi connectivity index (χ3v) is 9.17. The number of nitrogens with one attached hydrogen (secondary N) is 2. The highest BCUT2D eigenvalue weighted by molar-refractivity contribution is 8.00. The number of anilines is 1. The highest BCUT2D eigenvalue weighted by atomic mass is 35.5. The lowest BCUT2D eigenvalue weighted by atomic mass is 9.89. The van der Waals surface area contributed by atoms with Crippen molar-refractivity contribution >= 4 is 87.0 Å². The van der Waals surface area contributed by atoms with Gasteiger partial charge in [0.15, 0.2) is 10.8 Å². The summed E-state index contributed by atoms with van der Waals surface area (Å²) in [7, 11) is 0. The maximum absolute atomic E-state index is 13.3. The first kappa shape index (κ1) is 33.7. The fourth-order valence-corrected chi connectivity index (χ4v) is 7.35. The molecule has 0 aromatic carbocycles. The van der Waals surface area contributed by atoms with Gasteiger partial charge in [-0.2, -0.15) is 24.9 Å². The average Bonchev–Trinajstić information content (AvgIpc) is 3.22. The van der Waals surface area contributed by atoms with E-state index in [2.05, 4.69) is 15.5 Å². The Kier molecular flexibility index (Phi) is 10.3. The van der Waals surface area contributed by atoms with Crippen molar-refractivity contribution in [2.75, 3.05) is 36.2 Å². The number of hydrogen-bond acceptors (Lipinski definition) is 12. The van der Waals surface area contributed by atoms with Crippen molar-refractivity contribution < 1.29 is 51.8 Å². The number of esters is 1. The normalized spacial score (nSPS) is 22.5. The Bertz CT molecular complexity index is 1300. The van der Waals surface area contributed by atoms with E-state index in [0.717, 1.165) is 11.8 Å². The molecule has 0 aliphatic carbocycles. The summed E-state index contributed by atoms with van der Waals surface area (Å²) in [4.78, 5) is 71.5.